The van der Waals surface area contributed by atoms with Crippen LogP contribution in [-0.2, 0) is 0 Å². The van der Waals surface area contributed by atoms with Crippen molar-refractivity contribution in [2.45, 2.75) is 25.3 Å². The molecule has 1 aliphatic rings. The molecule has 1 fully saturated rings. The van der Waals surface area contributed by atoms with Gasteiger partial charge in [0.1, 0.15) is 0 Å². The number of nitrogens with zero attached hydrogens (tertiary/aromatic N) is 3. The van der Waals surface area contributed by atoms with Crippen LogP contribution < -0.4 is 11.0 Å². The third kappa shape index (κ3) is 5.45. The number of aromatic amines is 1. The minimum absolute atomic E-state index is 0. The van der Waals surface area contributed by atoms with Gasteiger partial charge >= 0.3 is 5.69 Å². The van der Waals surface area contributed by atoms with Crippen LogP contribution in [0.15, 0.2) is 77.6 Å². The Hall–Kier alpha value is -3.62. The number of halogens is 1. The van der Waals surface area contributed by atoms with Gasteiger partial charge in [-0.05, 0) is 61.7 Å². The van der Waals surface area contributed by atoms with Crippen LogP contribution in [0, 0.1) is 10.1 Å². The van der Waals surface area contributed by atoms with Crippen molar-refractivity contribution in [3.63, 3.8) is 0 Å². The van der Waals surface area contributed by atoms with E-state index in [1.54, 1.807) is 24.3 Å². The zero-order valence-corrected chi connectivity index (χ0v) is 20.7. The highest BCUT2D eigenvalue weighted by Crippen LogP contribution is 2.29. The van der Waals surface area contributed by atoms with E-state index in [1.165, 1.54) is 0 Å². The van der Waals surface area contributed by atoms with Crippen molar-refractivity contribution >= 4 is 34.8 Å². The van der Waals surface area contributed by atoms with Crippen LogP contribution in [0.25, 0.3) is 22.2 Å². The van der Waals surface area contributed by atoms with Gasteiger partial charge in [-0.15, -0.1) is 12.4 Å². The fraction of sp³-hybridized carbons (Fsp3) is 0.296. The summed E-state index contributed by atoms with van der Waals surface area (Å²) in [4.78, 5) is 28.5. The lowest BCUT2D eigenvalue weighted by Crippen LogP contribution is -2.37. The SMILES string of the molecule is Cl.O=c1[nH]c2ccccc2n1C1CCN(CCCNc2ccccc2-c2ccc([N+](=O)[O-])cc2)CC1. The van der Waals surface area contributed by atoms with Crippen LogP contribution in [0.1, 0.15) is 25.3 Å². The van der Waals surface area contributed by atoms with E-state index >= 15 is 0 Å². The third-order valence-corrected chi connectivity index (χ3v) is 6.83. The molecule has 0 saturated carbocycles. The highest BCUT2D eigenvalue weighted by atomic mass is 35.5. The average Bonchev–Trinajstić information content (AvgIpc) is 3.23. The van der Waals surface area contributed by atoms with Gasteiger partial charge in [-0.2, -0.15) is 0 Å². The second kappa shape index (κ2) is 11.4. The lowest BCUT2D eigenvalue weighted by molar-refractivity contribution is -0.384. The average molecular weight is 508 g/mol. The molecule has 2 N–H and O–H groups in total. The molecule has 1 aliphatic heterocycles. The second-order valence-electron chi connectivity index (χ2n) is 9.02. The molecule has 9 heteroatoms. The molecular formula is C27H30ClN5O3. The number of nitrogens with one attached hydrogen (secondary N) is 2. The van der Waals surface area contributed by atoms with E-state index in [4.69, 9.17) is 0 Å². The van der Waals surface area contributed by atoms with Crippen molar-refractivity contribution in [1.29, 1.82) is 0 Å². The zero-order chi connectivity index (χ0) is 24.2. The first-order chi connectivity index (χ1) is 17.1. The Morgan fingerprint density at radius 3 is 2.42 bits per heavy atom. The van der Waals surface area contributed by atoms with Gasteiger partial charge in [0.2, 0.25) is 0 Å². The Morgan fingerprint density at radius 1 is 0.972 bits per heavy atom. The Kier molecular flexibility index (Phi) is 8.07. The topological polar surface area (TPSA) is 96.2 Å². The summed E-state index contributed by atoms with van der Waals surface area (Å²) in [7, 11) is 0. The van der Waals surface area contributed by atoms with Gasteiger partial charge in [0.05, 0.1) is 16.0 Å². The van der Waals surface area contributed by atoms with Gasteiger partial charge in [0.25, 0.3) is 5.69 Å². The highest BCUT2D eigenvalue weighted by Gasteiger charge is 2.23. The van der Waals surface area contributed by atoms with Gasteiger partial charge in [0, 0.05) is 49.1 Å². The lowest BCUT2D eigenvalue weighted by atomic mass is 10.0. The first-order valence-electron chi connectivity index (χ1n) is 12.1. The summed E-state index contributed by atoms with van der Waals surface area (Å²) in [5.41, 5.74) is 4.99. The van der Waals surface area contributed by atoms with Crippen molar-refractivity contribution in [1.82, 2.24) is 14.5 Å². The van der Waals surface area contributed by atoms with Crippen LogP contribution in [0.2, 0.25) is 0 Å². The van der Waals surface area contributed by atoms with E-state index in [1.807, 2.05) is 53.1 Å². The smallest absolute Gasteiger partial charge is 0.326 e. The van der Waals surface area contributed by atoms with Crippen LogP contribution in [0.3, 0.4) is 0 Å². The molecule has 0 unspecified atom stereocenters. The molecule has 8 nitrogen and oxygen atoms in total. The number of anilines is 1. The molecule has 0 aliphatic carbocycles. The predicted molar refractivity (Wildman–Crippen MR) is 146 cm³/mol. The first-order valence-corrected chi connectivity index (χ1v) is 12.1. The molecule has 4 aromatic rings. The maximum Gasteiger partial charge on any atom is 0.326 e. The molecule has 0 spiro atoms. The molecular weight excluding hydrogens is 478 g/mol. The van der Waals surface area contributed by atoms with E-state index in [0.717, 1.165) is 73.3 Å². The molecule has 188 valence electrons. The van der Waals surface area contributed by atoms with Crippen molar-refractivity contribution in [3.8, 4) is 11.1 Å². The van der Waals surface area contributed by atoms with E-state index in [2.05, 4.69) is 15.2 Å². The normalized spacial score (nSPS) is 14.4. The number of benzene rings is 3. The number of aromatic nitrogens is 2. The number of piperidine rings is 1. The summed E-state index contributed by atoms with van der Waals surface area (Å²) in [6.07, 6.45) is 2.95. The first kappa shape index (κ1) is 25.5. The van der Waals surface area contributed by atoms with Crippen LogP contribution >= 0.6 is 12.4 Å². The fourth-order valence-corrected chi connectivity index (χ4v) is 5.02. The van der Waals surface area contributed by atoms with Gasteiger partial charge < -0.3 is 15.2 Å². The molecule has 3 aromatic carbocycles. The molecule has 36 heavy (non-hydrogen) atoms. The minimum atomic E-state index is -0.379. The monoisotopic (exact) mass is 507 g/mol. The van der Waals surface area contributed by atoms with Crippen molar-refractivity contribution in [3.05, 3.63) is 93.4 Å². The lowest BCUT2D eigenvalue weighted by Gasteiger charge is -2.32. The largest absolute Gasteiger partial charge is 0.384 e. The van der Waals surface area contributed by atoms with Crippen LogP contribution in [0.4, 0.5) is 11.4 Å². The van der Waals surface area contributed by atoms with Crippen molar-refractivity contribution in [2.24, 2.45) is 0 Å². The maximum absolute atomic E-state index is 12.5. The number of H-pyrrole nitrogens is 1. The second-order valence-corrected chi connectivity index (χ2v) is 9.02. The number of para-hydroxylation sites is 3. The number of imidazole rings is 1. The van der Waals surface area contributed by atoms with Crippen molar-refractivity contribution in [2.75, 3.05) is 31.5 Å². The Labute approximate surface area is 215 Å². The van der Waals surface area contributed by atoms with E-state index in [0.29, 0.717) is 0 Å². The molecule has 1 aromatic heterocycles. The summed E-state index contributed by atoms with van der Waals surface area (Å²) in [5.74, 6) is 0. The predicted octanol–water partition coefficient (Wildman–Crippen LogP) is 5.47. The third-order valence-electron chi connectivity index (χ3n) is 6.83. The van der Waals surface area contributed by atoms with E-state index in [9.17, 15) is 14.9 Å². The van der Waals surface area contributed by atoms with E-state index < -0.39 is 0 Å². The molecule has 2 heterocycles. The minimum Gasteiger partial charge on any atom is -0.384 e. The highest BCUT2D eigenvalue weighted by molar-refractivity contribution is 5.85. The number of hydrogen-bond acceptors (Lipinski definition) is 5. The van der Waals surface area contributed by atoms with Crippen molar-refractivity contribution < 1.29 is 4.92 Å². The summed E-state index contributed by atoms with van der Waals surface area (Å²) < 4.78 is 1.93. The standard InChI is InChI=1S/C27H29N5O3.ClH/c33-27-29-25-8-3-4-9-26(25)31(27)21-14-18-30(19-15-21)17-5-16-28-24-7-2-1-6-23(24)20-10-12-22(13-11-20)32(34)35;/h1-4,6-13,21,28H,5,14-19H2,(H,29,33);1H. The molecule has 0 atom stereocenters. The maximum atomic E-state index is 12.5. The quantitative estimate of drug-likeness (QED) is 0.187. The molecule has 1 saturated heterocycles. The molecule has 5 rings (SSSR count). The Balaban J connectivity index is 0.00000304. The van der Waals surface area contributed by atoms with Gasteiger partial charge in [0.15, 0.2) is 0 Å². The van der Waals surface area contributed by atoms with E-state index in [-0.39, 0.29) is 34.7 Å². The van der Waals surface area contributed by atoms with Crippen LogP contribution in [-0.4, -0.2) is 45.6 Å². The number of non-ortho nitro benzene ring substituents is 1. The van der Waals surface area contributed by atoms with Gasteiger partial charge in [-0.3, -0.25) is 14.7 Å². The van der Waals surface area contributed by atoms with Gasteiger partial charge in [-0.1, -0.05) is 30.3 Å². The Morgan fingerprint density at radius 2 is 1.67 bits per heavy atom. The summed E-state index contributed by atoms with van der Waals surface area (Å²) in [6, 6.07) is 22.8. The zero-order valence-electron chi connectivity index (χ0n) is 19.9. The number of hydrogen-bond donors (Lipinski definition) is 2. The summed E-state index contributed by atoms with van der Waals surface area (Å²) >= 11 is 0. The molecule has 0 radical (unpaired) electrons. The Bertz CT molecular complexity index is 1370. The summed E-state index contributed by atoms with van der Waals surface area (Å²) in [5, 5.41) is 14.5. The number of nitro groups is 1. The fourth-order valence-electron chi connectivity index (χ4n) is 5.02. The molecule has 0 amide bonds. The van der Waals surface area contributed by atoms with Crippen LogP contribution in [0.5, 0.6) is 0 Å². The number of nitro benzene ring substituents is 1. The number of fused-ring (bicyclic) bond motifs is 1. The van der Waals surface area contributed by atoms with Gasteiger partial charge in [-0.25, -0.2) is 4.79 Å². The molecule has 0 bridgehead atoms. The summed E-state index contributed by atoms with van der Waals surface area (Å²) in [6.45, 7) is 3.81. The number of rotatable bonds is 8. The number of likely N-dealkylation sites (tertiary alicyclic amines) is 1.